The normalized spacial score (nSPS) is 16.8. The molecule has 0 unspecified atom stereocenters. The van der Waals surface area contributed by atoms with Crippen molar-refractivity contribution in [1.29, 1.82) is 0 Å². The lowest BCUT2D eigenvalue weighted by atomic mass is 10.0. The quantitative estimate of drug-likeness (QED) is 0.821. The lowest BCUT2D eigenvalue weighted by Crippen LogP contribution is -2.43. The van der Waals surface area contributed by atoms with Gasteiger partial charge in [-0.3, -0.25) is 14.5 Å². The van der Waals surface area contributed by atoms with Crippen LogP contribution < -0.4 is 10.6 Å². The van der Waals surface area contributed by atoms with Gasteiger partial charge in [0.1, 0.15) is 0 Å². The van der Waals surface area contributed by atoms with Crippen LogP contribution in [0.1, 0.15) is 35.9 Å². The first-order valence-electron chi connectivity index (χ1n) is 9.03. The number of fused-ring (bicyclic) bond motifs is 1. The summed E-state index contributed by atoms with van der Waals surface area (Å²) >= 11 is 1.79. The average molecular weight is 372 g/mol. The average Bonchev–Trinajstić information content (AvgIpc) is 3.12. The summed E-state index contributed by atoms with van der Waals surface area (Å²) in [7, 11) is 0. The molecule has 1 aliphatic rings. The van der Waals surface area contributed by atoms with E-state index in [-0.39, 0.29) is 24.4 Å². The number of carbonyl (C=O) groups is 2. The molecule has 1 aromatic heterocycles. The molecule has 0 bridgehead atoms. The van der Waals surface area contributed by atoms with E-state index in [0.717, 1.165) is 30.6 Å². The summed E-state index contributed by atoms with van der Waals surface area (Å²) in [5, 5.41) is 7.72. The molecular weight excluding hydrogens is 346 g/mol. The van der Waals surface area contributed by atoms with E-state index in [2.05, 4.69) is 33.9 Å². The Kier molecular flexibility index (Phi) is 6.06. The number of carbonyl (C=O) groups excluding carboxylic acids is 2. The van der Waals surface area contributed by atoms with E-state index in [1.165, 1.54) is 10.4 Å². The van der Waals surface area contributed by atoms with Crippen molar-refractivity contribution in [3.63, 3.8) is 0 Å². The van der Waals surface area contributed by atoms with Gasteiger partial charge in [0.2, 0.25) is 11.8 Å². The Hall–Kier alpha value is -2.18. The number of nitrogens with zero attached hydrogens (tertiary/aromatic N) is 1. The summed E-state index contributed by atoms with van der Waals surface area (Å²) in [6.07, 6.45) is 1.83. The Morgan fingerprint density at radius 3 is 2.85 bits per heavy atom. The number of anilines is 1. The van der Waals surface area contributed by atoms with Gasteiger partial charge in [-0.05, 0) is 48.4 Å². The summed E-state index contributed by atoms with van der Waals surface area (Å²) in [6, 6.07) is 10.1. The Morgan fingerprint density at radius 2 is 2.04 bits per heavy atom. The van der Waals surface area contributed by atoms with Crippen LogP contribution in [0.3, 0.4) is 0 Å². The lowest BCUT2D eigenvalue weighted by Gasteiger charge is -2.32. The van der Waals surface area contributed by atoms with Crippen molar-refractivity contribution in [2.45, 2.75) is 32.7 Å². The molecular formula is C20H25N3O2S. The lowest BCUT2D eigenvalue weighted by molar-refractivity contribution is -0.125. The van der Waals surface area contributed by atoms with Gasteiger partial charge in [0.15, 0.2) is 0 Å². The van der Waals surface area contributed by atoms with Crippen LogP contribution in [0.2, 0.25) is 0 Å². The van der Waals surface area contributed by atoms with Crippen LogP contribution in [-0.4, -0.2) is 36.3 Å². The molecule has 1 aliphatic heterocycles. The molecule has 0 radical (unpaired) electrons. The zero-order valence-corrected chi connectivity index (χ0v) is 16.1. The highest BCUT2D eigenvalue weighted by atomic mass is 32.1. The maximum atomic E-state index is 12.3. The minimum absolute atomic E-state index is 0.0111. The van der Waals surface area contributed by atoms with E-state index >= 15 is 0 Å². The molecule has 5 nitrogen and oxygen atoms in total. The van der Waals surface area contributed by atoms with E-state index in [1.54, 1.807) is 11.3 Å². The summed E-state index contributed by atoms with van der Waals surface area (Å²) < 4.78 is 0. The third kappa shape index (κ3) is 4.31. The maximum absolute atomic E-state index is 12.3. The third-order valence-corrected chi connectivity index (χ3v) is 5.87. The number of hydrogen-bond acceptors (Lipinski definition) is 4. The molecule has 2 N–H and O–H groups in total. The predicted octanol–water partition coefficient (Wildman–Crippen LogP) is 2.98. The molecule has 26 heavy (non-hydrogen) atoms. The molecule has 2 heterocycles. The van der Waals surface area contributed by atoms with Gasteiger partial charge in [0, 0.05) is 23.2 Å². The van der Waals surface area contributed by atoms with Crippen molar-refractivity contribution in [1.82, 2.24) is 10.2 Å². The number of thiophene rings is 1. The van der Waals surface area contributed by atoms with Gasteiger partial charge >= 0.3 is 0 Å². The Labute approximate surface area is 158 Å². The molecule has 3 rings (SSSR count). The van der Waals surface area contributed by atoms with Gasteiger partial charge in [0.05, 0.1) is 13.1 Å². The highest BCUT2D eigenvalue weighted by molar-refractivity contribution is 7.10. The van der Waals surface area contributed by atoms with Crippen molar-refractivity contribution in [2.24, 2.45) is 0 Å². The van der Waals surface area contributed by atoms with Crippen LogP contribution in [-0.2, 0) is 22.4 Å². The first kappa shape index (κ1) is 18.6. The molecule has 6 heteroatoms. The Morgan fingerprint density at radius 1 is 1.23 bits per heavy atom. The fraction of sp³-hybridized carbons (Fsp3) is 0.400. The number of hydrogen-bond donors (Lipinski definition) is 2. The molecule has 1 aromatic carbocycles. The van der Waals surface area contributed by atoms with Crippen molar-refractivity contribution in [3.8, 4) is 0 Å². The molecule has 2 amide bonds. The second kappa shape index (κ2) is 8.47. The number of para-hydroxylation sites is 1. The van der Waals surface area contributed by atoms with E-state index in [1.807, 2.05) is 31.2 Å². The van der Waals surface area contributed by atoms with Gasteiger partial charge in [-0.25, -0.2) is 0 Å². The second-order valence-electron chi connectivity index (χ2n) is 6.53. The van der Waals surface area contributed by atoms with Gasteiger partial charge in [-0.15, -0.1) is 11.3 Å². The van der Waals surface area contributed by atoms with Gasteiger partial charge in [-0.2, -0.15) is 0 Å². The molecule has 1 atom stereocenters. The van der Waals surface area contributed by atoms with E-state index in [0.29, 0.717) is 6.54 Å². The molecule has 0 fully saturated rings. The summed E-state index contributed by atoms with van der Waals surface area (Å²) in [5.41, 5.74) is 3.22. The van der Waals surface area contributed by atoms with Crippen molar-refractivity contribution in [2.75, 3.05) is 25.0 Å². The first-order valence-corrected chi connectivity index (χ1v) is 9.91. The predicted molar refractivity (Wildman–Crippen MR) is 105 cm³/mol. The number of amides is 2. The molecule has 138 valence electrons. The van der Waals surface area contributed by atoms with Crippen LogP contribution in [0.25, 0.3) is 0 Å². The Bertz CT molecular complexity index is 787. The van der Waals surface area contributed by atoms with Crippen molar-refractivity contribution in [3.05, 3.63) is 51.7 Å². The van der Waals surface area contributed by atoms with Crippen molar-refractivity contribution >= 4 is 28.8 Å². The Balaban J connectivity index is 1.48. The summed E-state index contributed by atoms with van der Waals surface area (Å²) in [4.78, 5) is 28.0. The van der Waals surface area contributed by atoms with Gasteiger partial charge < -0.3 is 10.6 Å². The first-order chi connectivity index (χ1) is 12.6. The fourth-order valence-corrected chi connectivity index (χ4v) is 4.30. The van der Waals surface area contributed by atoms with Gasteiger partial charge in [0.25, 0.3) is 0 Å². The monoisotopic (exact) mass is 371 g/mol. The van der Waals surface area contributed by atoms with E-state index < -0.39 is 0 Å². The largest absolute Gasteiger partial charge is 0.346 e. The number of rotatable bonds is 6. The zero-order valence-electron chi connectivity index (χ0n) is 15.2. The molecule has 0 spiro atoms. The third-order valence-electron chi connectivity index (χ3n) is 4.87. The highest BCUT2D eigenvalue weighted by Crippen LogP contribution is 2.32. The molecule has 0 saturated heterocycles. The fourth-order valence-electron chi connectivity index (χ4n) is 3.34. The standard InChI is InChI=1S/C20H25N3O2S/c1-3-15-6-4-5-7-17(15)22-19(24)12-21-20(25)13-23-10-8-18-16(14(23)2)9-11-26-18/h4-7,9,11,14H,3,8,10,12-13H2,1-2H3,(H,21,25)(H,22,24)/t14-/m1/s1. The number of nitrogens with one attached hydrogen (secondary N) is 2. The summed E-state index contributed by atoms with van der Waals surface area (Å²) in [6.45, 7) is 5.36. The van der Waals surface area contributed by atoms with Crippen LogP contribution in [0.5, 0.6) is 0 Å². The SMILES string of the molecule is CCc1ccccc1NC(=O)CNC(=O)CN1CCc2sccc2[C@H]1C. The zero-order chi connectivity index (χ0) is 18.5. The van der Waals surface area contributed by atoms with E-state index in [9.17, 15) is 9.59 Å². The minimum atomic E-state index is -0.203. The second-order valence-corrected chi connectivity index (χ2v) is 7.53. The highest BCUT2D eigenvalue weighted by Gasteiger charge is 2.26. The maximum Gasteiger partial charge on any atom is 0.243 e. The van der Waals surface area contributed by atoms with Gasteiger partial charge in [-0.1, -0.05) is 25.1 Å². The van der Waals surface area contributed by atoms with Crippen LogP contribution >= 0.6 is 11.3 Å². The van der Waals surface area contributed by atoms with Crippen LogP contribution in [0.4, 0.5) is 5.69 Å². The summed E-state index contributed by atoms with van der Waals surface area (Å²) in [5.74, 6) is -0.319. The minimum Gasteiger partial charge on any atom is -0.346 e. The molecule has 0 aliphatic carbocycles. The van der Waals surface area contributed by atoms with Crippen molar-refractivity contribution < 1.29 is 9.59 Å². The van der Waals surface area contributed by atoms with E-state index in [4.69, 9.17) is 0 Å². The number of benzene rings is 1. The molecule has 2 aromatic rings. The topological polar surface area (TPSA) is 61.4 Å². The van der Waals surface area contributed by atoms with Crippen LogP contribution in [0, 0.1) is 0 Å². The molecule has 0 saturated carbocycles. The smallest absolute Gasteiger partial charge is 0.243 e. The number of aryl methyl sites for hydroxylation is 1. The van der Waals surface area contributed by atoms with Crippen LogP contribution in [0.15, 0.2) is 35.7 Å².